The summed E-state index contributed by atoms with van der Waals surface area (Å²) in [7, 11) is 0. The van der Waals surface area contributed by atoms with E-state index in [0.717, 1.165) is 12.5 Å². The molecule has 1 saturated carbocycles. The maximum Gasteiger partial charge on any atom is 0.0281 e. The zero-order valence-electron chi connectivity index (χ0n) is 9.13. The van der Waals surface area contributed by atoms with Gasteiger partial charge in [0.05, 0.1) is 0 Å². The summed E-state index contributed by atoms with van der Waals surface area (Å²) in [6.07, 6.45) is 11.0. The van der Waals surface area contributed by atoms with E-state index in [4.69, 9.17) is 5.73 Å². The first-order chi connectivity index (χ1) is 6.72. The van der Waals surface area contributed by atoms with Crippen LogP contribution in [0.3, 0.4) is 0 Å². The summed E-state index contributed by atoms with van der Waals surface area (Å²) in [6, 6.07) is 0.641. The highest BCUT2D eigenvalue weighted by Gasteiger charge is 2.33. The van der Waals surface area contributed by atoms with Gasteiger partial charge in [-0.15, -0.1) is 0 Å². The highest BCUT2D eigenvalue weighted by molar-refractivity contribution is 5.02. The van der Waals surface area contributed by atoms with Crippen molar-refractivity contribution in [2.24, 2.45) is 11.7 Å². The van der Waals surface area contributed by atoms with Crippen molar-refractivity contribution in [2.75, 3.05) is 6.54 Å². The third-order valence-corrected chi connectivity index (χ3v) is 3.45. The molecule has 2 heteroatoms. The van der Waals surface area contributed by atoms with Gasteiger partial charge in [-0.1, -0.05) is 25.0 Å². The molecule has 0 radical (unpaired) electrons. The smallest absolute Gasteiger partial charge is 0.0281 e. The van der Waals surface area contributed by atoms with E-state index in [2.05, 4.69) is 24.4 Å². The SMILES string of the molecule is CC(CN)(CC1CC1)NC1CC=CC1. The van der Waals surface area contributed by atoms with Crippen LogP contribution in [0, 0.1) is 5.92 Å². The predicted octanol–water partition coefficient (Wildman–Crippen LogP) is 1.81. The minimum Gasteiger partial charge on any atom is -0.329 e. The molecule has 0 spiro atoms. The normalized spacial score (nSPS) is 26.7. The van der Waals surface area contributed by atoms with Crippen molar-refractivity contribution in [1.82, 2.24) is 5.32 Å². The Morgan fingerprint density at radius 1 is 1.36 bits per heavy atom. The van der Waals surface area contributed by atoms with E-state index < -0.39 is 0 Å². The van der Waals surface area contributed by atoms with E-state index in [9.17, 15) is 0 Å². The summed E-state index contributed by atoms with van der Waals surface area (Å²) in [5, 5.41) is 3.73. The number of hydrogen-bond donors (Lipinski definition) is 2. The summed E-state index contributed by atoms with van der Waals surface area (Å²) in [4.78, 5) is 0. The van der Waals surface area contributed by atoms with Crippen molar-refractivity contribution in [2.45, 2.75) is 50.6 Å². The minimum absolute atomic E-state index is 0.178. The van der Waals surface area contributed by atoms with Crippen molar-refractivity contribution < 1.29 is 0 Å². The van der Waals surface area contributed by atoms with Gasteiger partial charge in [-0.2, -0.15) is 0 Å². The molecule has 0 aromatic heterocycles. The van der Waals surface area contributed by atoms with Crippen LogP contribution >= 0.6 is 0 Å². The minimum atomic E-state index is 0.178. The Labute approximate surface area is 86.9 Å². The number of hydrogen-bond acceptors (Lipinski definition) is 2. The van der Waals surface area contributed by atoms with Gasteiger partial charge in [0, 0.05) is 18.1 Å². The predicted molar refractivity (Wildman–Crippen MR) is 60.1 cm³/mol. The molecule has 0 aliphatic heterocycles. The van der Waals surface area contributed by atoms with Gasteiger partial charge in [-0.3, -0.25) is 0 Å². The maximum atomic E-state index is 5.88. The summed E-state index contributed by atoms with van der Waals surface area (Å²) < 4.78 is 0. The lowest BCUT2D eigenvalue weighted by molar-refractivity contribution is 0.288. The molecule has 0 amide bonds. The van der Waals surface area contributed by atoms with Crippen LogP contribution in [0.15, 0.2) is 12.2 Å². The molecule has 0 aromatic carbocycles. The Morgan fingerprint density at radius 2 is 2.00 bits per heavy atom. The molecule has 2 aliphatic rings. The molecule has 2 aliphatic carbocycles. The standard InChI is InChI=1S/C12H22N2/c1-12(9-13,8-10-6-7-10)14-11-4-2-3-5-11/h2-3,10-11,14H,4-9,13H2,1H3. The Bertz CT molecular complexity index is 212. The lowest BCUT2D eigenvalue weighted by Gasteiger charge is -2.33. The molecule has 2 nitrogen and oxygen atoms in total. The van der Waals surface area contributed by atoms with Gasteiger partial charge < -0.3 is 11.1 Å². The highest BCUT2D eigenvalue weighted by atomic mass is 15.0. The van der Waals surface area contributed by atoms with E-state index in [1.165, 1.54) is 32.1 Å². The summed E-state index contributed by atoms with van der Waals surface area (Å²) in [5.41, 5.74) is 6.06. The first-order valence-electron chi connectivity index (χ1n) is 5.85. The van der Waals surface area contributed by atoms with E-state index in [-0.39, 0.29) is 5.54 Å². The number of rotatable bonds is 5. The van der Waals surface area contributed by atoms with Gasteiger partial charge in [0.25, 0.3) is 0 Å². The molecule has 1 atom stereocenters. The second kappa shape index (κ2) is 4.03. The topological polar surface area (TPSA) is 38.0 Å². The first kappa shape index (κ1) is 10.2. The van der Waals surface area contributed by atoms with Crippen LogP contribution < -0.4 is 11.1 Å². The quantitative estimate of drug-likeness (QED) is 0.655. The fraction of sp³-hybridized carbons (Fsp3) is 0.833. The molecule has 0 bridgehead atoms. The molecule has 80 valence electrons. The van der Waals surface area contributed by atoms with Gasteiger partial charge in [0.2, 0.25) is 0 Å². The van der Waals surface area contributed by atoms with Crippen LogP contribution in [0.5, 0.6) is 0 Å². The van der Waals surface area contributed by atoms with Crippen LogP contribution in [0.1, 0.15) is 39.0 Å². The third kappa shape index (κ3) is 2.58. The number of nitrogens with one attached hydrogen (secondary N) is 1. The average Bonchev–Trinajstić information content (AvgIpc) is 2.81. The Balaban J connectivity index is 1.83. The van der Waals surface area contributed by atoms with Gasteiger partial charge in [-0.25, -0.2) is 0 Å². The Kier molecular flexibility index (Phi) is 2.93. The zero-order chi connectivity index (χ0) is 10.0. The van der Waals surface area contributed by atoms with Crippen molar-refractivity contribution in [1.29, 1.82) is 0 Å². The van der Waals surface area contributed by atoms with Crippen LogP contribution in [0.2, 0.25) is 0 Å². The average molecular weight is 194 g/mol. The Hall–Kier alpha value is -0.340. The van der Waals surface area contributed by atoms with Gasteiger partial charge >= 0.3 is 0 Å². The van der Waals surface area contributed by atoms with Crippen LogP contribution in [-0.2, 0) is 0 Å². The highest BCUT2D eigenvalue weighted by Crippen LogP contribution is 2.36. The third-order valence-electron chi connectivity index (χ3n) is 3.45. The second-order valence-electron chi connectivity index (χ2n) is 5.20. The van der Waals surface area contributed by atoms with Gasteiger partial charge in [0.15, 0.2) is 0 Å². The first-order valence-corrected chi connectivity index (χ1v) is 5.85. The van der Waals surface area contributed by atoms with Crippen molar-refractivity contribution in [3.05, 3.63) is 12.2 Å². The molecule has 2 rings (SSSR count). The maximum absolute atomic E-state index is 5.88. The molecular formula is C12H22N2. The lowest BCUT2D eigenvalue weighted by atomic mass is 9.93. The van der Waals surface area contributed by atoms with E-state index in [1.807, 2.05) is 0 Å². The molecule has 0 heterocycles. The van der Waals surface area contributed by atoms with Crippen LogP contribution in [-0.4, -0.2) is 18.1 Å². The summed E-state index contributed by atoms with van der Waals surface area (Å²) in [6.45, 7) is 3.05. The van der Waals surface area contributed by atoms with E-state index in [0.29, 0.717) is 6.04 Å². The molecule has 0 aromatic rings. The van der Waals surface area contributed by atoms with Crippen molar-refractivity contribution in [3.8, 4) is 0 Å². The van der Waals surface area contributed by atoms with E-state index >= 15 is 0 Å². The zero-order valence-corrected chi connectivity index (χ0v) is 9.13. The van der Waals surface area contributed by atoms with Gasteiger partial charge in [0.1, 0.15) is 0 Å². The Morgan fingerprint density at radius 3 is 2.50 bits per heavy atom. The number of nitrogens with two attached hydrogens (primary N) is 1. The fourth-order valence-electron chi connectivity index (χ4n) is 2.39. The molecular weight excluding hydrogens is 172 g/mol. The summed E-state index contributed by atoms with van der Waals surface area (Å²) >= 11 is 0. The van der Waals surface area contributed by atoms with Crippen LogP contribution in [0.4, 0.5) is 0 Å². The van der Waals surface area contributed by atoms with Crippen molar-refractivity contribution in [3.63, 3.8) is 0 Å². The molecule has 3 N–H and O–H groups in total. The fourth-order valence-corrected chi connectivity index (χ4v) is 2.39. The van der Waals surface area contributed by atoms with Gasteiger partial charge in [-0.05, 0) is 32.1 Å². The summed E-state index contributed by atoms with van der Waals surface area (Å²) in [5.74, 6) is 0.949. The molecule has 1 unspecified atom stereocenters. The second-order valence-corrected chi connectivity index (χ2v) is 5.20. The largest absolute Gasteiger partial charge is 0.329 e. The molecule has 14 heavy (non-hydrogen) atoms. The molecule has 0 saturated heterocycles. The van der Waals surface area contributed by atoms with Crippen molar-refractivity contribution >= 4 is 0 Å². The van der Waals surface area contributed by atoms with Crippen LogP contribution in [0.25, 0.3) is 0 Å². The van der Waals surface area contributed by atoms with E-state index in [1.54, 1.807) is 0 Å². The monoisotopic (exact) mass is 194 g/mol. The lowest BCUT2D eigenvalue weighted by Crippen LogP contribution is -2.52. The molecule has 1 fully saturated rings.